The van der Waals surface area contributed by atoms with E-state index in [9.17, 15) is 4.79 Å². The average Bonchev–Trinajstić information content (AvgIpc) is 2.58. The van der Waals surface area contributed by atoms with E-state index in [2.05, 4.69) is 41.4 Å². The molecule has 2 aromatic carbocycles. The second-order valence-electron chi connectivity index (χ2n) is 6.04. The number of benzene rings is 2. The number of carbonyl (C=O) groups is 1. The van der Waals surface area contributed by atoms with Gasteiger partial charge in [0.25, 0.3) is 0 Å². The summed E-state index contributed by atoms with van der Waals surface area (Å²) in [5.41, 5.74) is 8.45. The van der Waals surface area contributed by atoms with E-state index in [1.54, 1.807) is 12.1 Å². The van der Waals surface area contributed by atoms with Gasteiger partial charge in [0.15, 0.2) is 0 Å². The van der Waals surface area contributed by atoms with E-state index in [-0.39, 0.29) is 5.91 Å². The molecule has 4 heteroatoms. The lowest BCUT2D eigenvalue weighted by Gasteiger charge is -2.21. The van der Waals surface area contributed by atoms with Crippen LogP contribution in [-0.2, 0) is 11.3 Å². The predicted molar refractivity (Wildman–Crippen MR) is 101 cm³/mol. The maximum Gasteiger partial charge on any atom is 0.224 e. The van der Waals surface area contributed by atoms with Gasteiger partial charge in [-0.25, -0.2) is 0 Å². The van der Waals surface area contributed by atoms with Crippen LogP contribution in [0, 0.1) is 0 Å². The number of nitrogen functional groups attached to an aromatic ring is 1. The molecule has 0 bridgehead atoms. The fourth-order valence-electron chi connectivity index (χ4n) is 2.68. The molecule has 0 fully saturated rings. The van der Waals surface area contributed by atoms with Crippen molar-refractivity contribution < 1.29 is 4.79 Å². The van der Waals surface area contributed by atoms with Gasteiger partial charge in [-0.15, -0.1) is 0 Å². The number of rotatable bonds is 9. The summed E-state index contributed by atoms with van der Waals surface area (Å²) in [6.45, 7) is 5.10. The average molecular weight is 325 g/mol. The highest BCUT2D eigenvalue weighted by molar-refractivity contribution is 5.90. The van der Waals surface area contributed by atoms with E-state index in [0.29, 0.717) is 12.1 Å². The third kappa shape index (κ3) is 6.42. The molecule has 0 aliphatic heterocycles. The van der Waals surface area contributed by atoms with E-state index >= 15 is 0 Å². The van der Waals surface area contributed by atoms with Crippen molar-refractivity contribution in [3.05, 3.63) is 60.2 Å². The zero-order valence-corrected chi connectivity index (χ0v) is 14.4. The predicted octanol–water partition coefficient (Wildman–Crippen LogP) is 3.90. The Labute approximate surface area is 144 Å². The molecule has 2 rings (SSSR count). The van der Waals surface area contributed by atoms with Crippen molar-refractivity contribution >= 4 is 17.3 Å². The Kier molecular flexibility index (Phi) is 7.30. The van der Waals surface area contributed by atoms with Crippen molar-refractivity contribution in [1.29, 1.82) is 0 Å². The Morgan fingerprint density at radius 3 is 2.42 bits per heavy atom. The zero-order valence-electron chi connectivity index (χ0n) is 14.4. The number of nitrogens with two attached hydrogens (primary N) is 1. The fraction of sp³-hybridized carbons (Fsp3) is 0.350. The lowest BCUT2D eigenvalue weighted by molar-refractivity contribution is -0.116. The molecule has 128 valence electrons. The molecule has 0 saturated carbocycles. The molecule has 0 heterocycles. The third-order valence-corrected chi connectivity index (χ3v) is 3.86. The van der Waals surface area contributed by atoms with Crippen molar-refractivity contribution in [2.75, 3.05) is 24.1 Å². The first-order chi connectivity index (χ1) is 11.7. The molecule has 2 aromatic rings. The Hall–Kier alpha value is -2.33. The molecule has 0 saturated heterocycles. The van der Waals surface area contributed by atoms with E-state index in [1.165, 1.54) is 5.56 Å². The first-order valence-corrected chi connectivity index (χ1v) is 8.59. The van der Waals surface area contributed by atoms with E-state index in [4.69, 9.17) is 5.73 Å². The first-order valence-electron chi connectivity index (χ1n) is 8.59. The second kappa shape index (κ2) is 9.73. The smallest absolute Gasteiger partial charge is 0.224 e. The Balaban J connectivity index is 1.75. The second-order valence-corrected chi connectivity index (χ2v) is 6.04. The summed E-state index contributed by atoms with van der Waals surface area (Å²) in [6.07, 6.45) is 2.50. The highest BCUT2D eigenvalue weighted by Gasteiger charge is 2.07. The van der Waals surface area contributed by atoms with Gasteiger partial charge in [-0.1, -0.05) is 37.3 Å². The van der Waals surface area contributed by atoms with Crippen molar-refractivity contribution in [1.82, 2.24) is 4.90 Å². The van der Waals surface area contributed by atoms with Crippen LogP contribution in [0.15, 0.2) is 54.6 Å². The zero-order chi connectivity index (χ0) is 17.2. The van der Waals surface area contributed by atoms with Crippen LogP contribution in [0.25, 0.3) is 0 Å². The number of nitrogens with zero attached hydrogens (tertiary/aromatic N) is 1. The van der Waals surface area contributed by atoms with Crippen LogP contribution < -0.4 is 11.1 Å². The number of nitrogens with one attached hydrogen (secondary N) is 1. The van der Waals surface area contributed by atoms with Crippen molar-refractivity contribution in [2.45, 2.75) is 32.7 Å². The van der Waals surface area contributed by atoms with Crippen LogP contribution in [0.1, 0.15) is 31.7 Å². The highest BCUT2D eigenvalue weighted by atomic mass is 16.1. The topological polar surface area (TPSA) is 58.4 Å². The quantitative estimate of drug-likeness (QED) is 0.687. The number of carbonyl (C=O) groups excluding carboxylic acids is 1. The minimum Gasteiger partial charge on any atom is -0.399 e. The minimum absolute atomic E-state index is 0.0518. The van der Waals surface area contributed by atoms with Crippen LogP contribution in [0.4, 0.5) is 11.4 Å². The number of amides is 1. The maximum absolute atomic E-state index is 12.0. The Morgan fingerprint density at radius 2 is 1.75 bits per heavy atom. The van der Waals surface area contributed by atoms with Crippen LogP contribution in [0.3, 0.4) is 0 Å². The van der Waals surface area contributed by atoms with Gasteiger partial charge in [0.2, 0.25) is 5.91 Å². The fourth-order valence-corrected chi connectivity index (χ4v) is 2.68. The van der Waals surface area contributed by atoms with Gasteiger partial charge in [0, 0.05) is 24.3 Å². The van der Waals surface area contributed by atoms with Crippen molar-refractivity contribution in [2.24, 2.45) is 0 Å². The van der Waals surface area contributed by atoms with E-state index in [1.807, 2.05) is 18.2 Å². The summed E-state index contributed by atoms with van der Waals surface area (Å²) in [5, 5.41) is 2.91. The van der Waals surface area contributed by atoms with Crippen LogP contribution in [0.5, 0.6) is 0 Å². The molecule has 1 amide bonds. The largest absolute Gasteiger partial charge is 0.399 e. The Morgan fingerprint density at radius 1 is 1.04 bits per heavy atom. The van der Waals surface area contributed by atoms with Crippen LogP contribution >= 0.6 is 0 Å². The standard InChI is InChI=1S/C20H27N3O/c1-2-14-23(16-17-7-4-3-5-8-17)15-6-9-20(24)22-19-12-10-18(21)11-13-19/h3-5,7-8,10-13H,2,6,9,14-16,21H2,1H3,(H,22,24). The molecule has 0 radical (unpaired) electrons. The molecular weight excluding hydrogens is 298 g/mol. The van der Waals surface area contributed by atoms with Gasteiger partial charge in [-0.05, 0) is 55.8 Å². The van der Waals surface area contributed by atoms with Crippen molar-refractivity contribution in [3.8, 4) is 0 Å². The molecule has 0 spiro atoms. The molecule has 4 nitrogen and oxygen atoms in total. The van der Waals surface area contributed by atoms with Gasteiger partial charge < -0.3 is 11.1 Å². The molecule has 0 aromatic heterocycles. The molecule has 24 heavy (non-hydrogen) atoms. The summed E-state index contributed by atoms with van der Waals surface area (Å²) >= 11 is 0. The van der Waals surface area contributed by atoms with Crippen LogP contribution in [-0.4, -0.2) is 23.9 Å². The summed E-state index contributed by atoms with van der Waals surface area (Å²) in [6, 6.07) is 17.7. The maximum atomic E-state index is 12.0. The van der Waals surface area contributed by atoms with Gasteiger partial charge in [0.05, 0.1) is 0 Å². The monoisotopic (exact) mass is 325 g/mol. The lowest BCUT2D eigenvalue weighted by Crippen LogP contribution is -2.26. The summed E-state index contributed by atoms with van der Waals surface area (Å²) in [7, 11) is 0. The summed E-state index contributed by atoms with van der Waals surface area (Å²) in [4.78, 5) is 14.4. The highest BCUT2D eigenvalue weighted by Crippen LogP contribution is 2.11. The number of hydrogen-bond acceptors (Lipinski definition) is 3. The summed E-state index contributed by atoms with van der Waals surface area (Å²) < 4.78 is 0. The minimum atomic E-state index is 0.0518. The van der Waals surface area contributed by atoms with Gasteiger partial charge in [-0.3, -0.25) is 9.69 Å². The normalized spacial score (nSPS) is 10.8. The lowest BCUT2D eigenvalue weighted by atomic mass is 10.2. The molecule has 0 aliphatic rings. The van der Waals surface area contributed by atoms with E-state index in [0.717, 1.165) is 38.2 Å². The first kappa shape index (κ1) is 18.0. The van der Waals surface area contributed by atoms with Crippen LogP contribution in [0.2, 0.25) is 0 Å². The van der Waals surface area contributed by atoms with E-state index < -0.39 is 0 Å². The number of anilines is 2. The number of hydrogen-bond donors (Lipinski definition) is 2. The SMILES string of the molecule is CCCN(CCCC(=O)Nc1ccc(N)cc1)Cc1ccccc1. The molecule has 0 atom stereocenters. The molecule has 0 unspecified atom stereocenters. The molecule has 0 aliphatic carbocycles. The molecular formula is C20H27N3O. The molecule has 3 N–H and O–H groups in total. The van der Waals surface area contributed by atoms with Crippen molar-refractivity contribution in [3.63, 3.8) is 0 Å². The van der Waals surface area contributed by atoms with Gasteiger partial charge in [-0.2, -0.15) is 0 Å². The summed E-state index contributed by atoms with van der Waals surface area (Å²) in [5.74, 6) is 0.0518. The van der Waals surface area contributed by atoms with Gasteiger partial charge >= 0.3 is 0 Å². The van der Waals surface area contributed by atoms with Gasteiger partial charge in [0.1, 0.15) is 0 Å². The Bertz CT molecular complexity index is 611. The third-order valence-electron chi connectivity index (χ3n) is 3.86.